The molecule has 0 spiro atoms. The monoisotopic (exact) mass is 319 g/mol. The summed E-state index contributed by atoms with van der Waals surface area (Å²) in [6.07, 6.45) is 5.69. The van der Waals surface area contributed by atoms with Gasteiger partial charge in [0.05, 0.1) is 11.2 Å². The van der Waals surface area contributed by atoms with Crippen molar-refractivity contribution in [3.63, 3.8) is 0 Å². The summed E-state index contributed by atoms with van der Waals surface area (Å²) < 4.78 is 0. The Morgan fingerprint density at radius 3 is 2.33 bits per heavy atom. The highest BCUT2D eigenvalue weighted by Gasteiger charge is 2.14. The van der Waals surface area contributed by atoms with E-state index in [1.165, 1.54) is 11.1 Å². The molecule has 0 aliphatic rings. The van der Waals surface area contributed by atoms with Gasteiger partial charge in [0, 0.05) is 23.7 Å². The fourth-order valence-corrected chi connectivity index (χ4v) is 3.24. The van der Waals surface area contributed by atoms with Crippen LogP contribution in [0.2, 0.25) is 0 Å². The first kappa shape index (κ1) is 16.6. The van der Waals surface area contributed by atoms with E-state index in [4.69, 9.17) is 9.97 Å². The maximum Gasteiger partial charge on any atom is 0.132 e. The zero-order valence-corrected chi connectivity index (χ0v) is 15.0. The van der Waals surface area contributed by atoms with Crippen molar-refractivity contribution in [2.24, 2.45) is 5.92 Å². The van der Waals surface area contributed by atoms with Crippen LogP contribution in [0.1, 0.15) is 51.6 Å². The van der Waals surface area contributed by atoms with Crippen LogP contribution in [0.4, 0.5) is 0 Å². The SMILES string of the molecule is CCc1nc(C(C)CC(C)C)nc2ccc(-c3ccncc3)cc12. The van der Waals surface area contributed by atoms with Crippen LogP contribution in [-0.2, 0) is 6.42 Å². The van der Waals surface area contributed by atoms with Gasteiger partial charge in [0.1, 0.15) is 5.82 Å². The summed E-state index contributed by atoms with van der Waals surface area (Å²) in [7, 11) is 0. The van der Waals surface area contributed by atoms with Crippen molar-refractivity contribution in [3.8, 4) is 11.1 Å². The first-order valence-electron chi connectivity index (χ1n) is 8.79. The van der Waals surface area contributed by atoms with Gasteiger partial charge in [-0.2, -0.15) is 0 Å². The maximum absolute atomic E-state index is 4.88. The number of nitrogens with zero attached hydrogens (tertiary/aromatic N) is 3. The molecule has 0 amide bonds. The molecule has 0 bridgehead atoms. The molecule has 0 N–H and O–H groups in total. The zero-order valence-electron chi connectivity index (χ0n) is 15.0. The van der Waals surface area contributed by atoms with Crippen LogP contribution in [0.25, 0.3) is 22.0 Å². The lowest BCUT2D eigenvalue weighted by molar-refractivity contribution is 0.507. The highest BCUT2D eigenvalue weighted by molar-refractivity contribution is 5.86. The number of hydrogen-bond acceptors (Lipinski definition) is 3. The Hall–Kier alpha value is -2.29. The van der Waals surface area contributed by atoms with Crippen molar-refractivity contribution in [1.29, 1.82) is 0 Å². The Bertz CT molecular complexity index is 825. The van der Waals surface area contributed by atoms with Crippen molar-refractivity contribution in [2.75, 3.05) is 0 Å². The lowest BCUT2D eigenvalue weighted by Gasteiger charge is -2.15. The van der Waals surface area contributed by atoms with Gasteiger partial charge in [-0.1, -0.05) is 33.8 Å². The van der Waals surface area contributed by atoms with E-state index >= 15 is 0 Å². The minimum atomic E-state index is 0.388. The third-order valence-corrected chi connectivity index (χ3v) is 4.41. The van der Waals surface area contributed by atoms with Crippen LogP contribution < -0.4 is 0 Å². The number of hydrogen-bond donors (Lipinski definition) is 0. The molecule has 1 atom stereocenters. The Kier molecular flexibility index (Phi) is 4.89. The Balaban J connectivity index is 2.07. The average Bonchev–Trinajstić information content (AvgIpc) is 2.60. The number of aromatic nitrogens is 3. The van der Waals surface area contributed by atoms with Gasteiger partial charge in [0.15, 0.2) is 0 Å². The van der Waals surface area contributed by atoms with E-state index in [2.05, 4.69) is 50.9 Å². The number of benzene rings is 1. The first-order valence-corrected chi connectivity index (χ1v) is 8.79. The number of aryl methyl sites for hydroxylation is 1. The largest absolute Gasteiger partial charge is 0.265 e. The summed E-state index contributed by atoms with van der Waals surface area (Å²) in [4.78, 5) is 13.8. The Morgan fingerprint density at radius 1 is 0.917 bits per heavy atom. The Labute approximate surface area is 144 Å². The molecule has 0 aliphatic heterocycles. The second-order valence-electron chi connectivity index (χ2n) is 6.88. The average molecular weight is 319 g/mol. The van der Waals surface area contributed by atoms with Gasteiger partial charge < -0.3 is 0 Å². The minimum absolute atomic E-state index is 0.388. The molecule has 2 heterocycles. The van der Waals surface area contributed by atoms with Crippen LogP contribution in [-0.4, -0.2) is 15.0 Å². The summed E-state index contributed by atoms with van der Waals surface area (Å²) >= 11 is 0. The summed E-state index contributed by atoms with van der Waals surface area (Å²) in [5.74, 6) is 2.02. The topological polar surface area (TPSA) is 38.7 Å². The van der Waals surface area contributed by atoms with Crippen molar-refractivity contribution in [2.45, 2.75) is 46.5 Å². The van der Waals surface area contributed by atoms with Gasteiger partial charge in [-0.25, -0.2) is 9.97 Å². The van der Waals surface area contributed by atoms with E-state index < -0.39 is 0 Å². The third-order valence-electron chi connectivity index (χ3n) is 4.41. The van der Waals surface area contributed by atoms with Crippen molar-refractivity contribution < 1.29 is 0 Å². The lowest BCUT2D eigenvalue weighted by atomic mass is 9.97. The van der Waals surface area contributed by atoms with E-state index in [1.54, 1.807) is 0 Å². The molecule has 0 saturated heterocycles. The molecule has 0 radical (unpaired) electrons. The van der Waals surface area contributed by atoms with Gasteiger partial charge in [0.25, 0.3) is 0 Å². The molecule has 1 aromatic carbocycles. The van der Waals surface area contributed by atoms with Gasteiger partial charge in [-0.05, 0) is 54.2 Å². The van der Waals surface area contributed by atoms with Gasteiger partial charge in [-0.15, -0.1) is 0 Å². The fourth-order valence-electron chi connectivity index (χ4n) is 3.24. The Morgan fingerprint density at radius 2 is 1.67 bits per heavy atom. The molecule has 0 saturated carbocycles. The summed E-state index contributed by atoms with van der Waals surface area (Å²) in [6, 6.07) is 10.5. The summed E-state index contributed by atoms with van der Waals surface area (Å²) in [6.45, 7) is 8.89. The summed E-state index contributed by atoms with van der Waals surface area (Å²) in [5, 5.41) is 1.16. The molecule has 124 valence electrons. The molecular weight excluding hydrogens is 294 g/mol. The standard InChI is InChI=1S/C21H25N3/c1-5-19-18-13-17(16-8-10-22-11-9-16)6-7-20(18)24-21(23-19)15(4)12-14(2)3/h6-11,13-15H,5,12H2,1-4H3. The molecule has 3 heteroatoms. The predicted molar refractivity (Wildman–Crippen MR) is 100 cm³/mol. The van der Waals surface area contributed by atoms with E-state index in [-0.39, 0.29) is 0 Å². The van der Waals surface area contributed by atoms with Gasteiger partial charge in [0.2, 0.25) is 0 Å². The van der Waals surface area contributed by atoms with Crippen LogP contribution >= 0.6 is 0 Å². The zero-order chi connectivity index (χ0) is 17.1. The molecular formula is C21H25N3. The van der Waals surface area contributed by atoms with Crippen LogP contribution in [0.3, 0.4) is 0 Å². The normalized spacial score (nSPS) is 12.7. The number of rotatable bonds is 5. The molecule has 0 fully saturated rings. The number of fused-ring (bicyclic) bond motifs is 1. The first-order chi connectivity index (χ1) is 11.6. The van der Waals surface area contributed by atoms with E-state index in [9.17, 15) is 0 Å². The number of pyridine rings is 1. The van der Waals surface area contributed by atoms with Crippen molar-refractivity contribution >= 4 is 10.9 Å². The highest BCUT2D eigenvalue weighted by Crippen LogP contribution is 2.28. The molecule has 24 heavy (non-hydrogen) atoms. The van der Waals surface area contributed by atoms with Gasteiger partial charge in [-0.3, -0.25) is 4.98 Å². The van der Waals surface area contributed by atoms with Gasteiger partial charge >= 0.3 is 0 Å². The molecule has 3 rings (SSSR count). The van der Waals surface area contributed by atoms with Crippen molar-refractivity contribution in [3.05, 3.63) is 54.2 Å². The fraction of sp³-hybridized carbons (Fsp3) is 0.381. The van der Waals surface area contributed by atoms with E-state index in [1.807, 2.05) is 24.5 Å². The lowest BCUT2D eigenvalue weighted by Crippen LogP contribution is -2.07. The second kappa shape index (κ2) is 7.08. The van der Waals surface area contributed by atoms with Crippen LogP contribution in [0, 0.1) is 5.92 Å². The molecule has 2 aromatic heterocycles. The van der Waals surface area contributed by atoms with E-state index in [0.717, 1.165) is 35.3 Å². The van der Waals surface area contributed by atoms with Crippen LogP contribution in [0.15, 0.2) is 42.7 Å². The molecule has 3 nitrogen and oxygen atoms in total. The van der Waals surface area contributed by atoms with Crippen molar-refractivity contribution in [1.82, 2.24) is 15.0 Å². The molecule has 3 aromatic rings. The smallest absolute Gasteiger partial charge is 0.132 e. The maximum atomic E-state index is 4.88. The quantitative estimate of drug-likeness (QED) is 0.631. The highest BCUT2D eigenvalue weighted by atomic mass is 14.9. The third kappa shape index (κ3) is 3.45. The van der Waals surface area contributed by atoms with Crippen LogP contribution in [0.5, 0.6) is 0 Å². The minimum Gasteiger partial charge on any atom is -0.265 e. The van der Waals surface area contributed by atoms with E-state index in [0.29, 0.717) is 11.8 Å². The predicted octanol–water partition coefficient (Wildman–Crippen LogP) is 5.40. The molecule has 1 unspecified atom stereocenters. The second-order valence-corrected chi connectivity index (χ2v) is 6.88. The molecule has 0 aliphatic carbocycles. The summed E-state index contributed by atoms with van der Waals surface area (Å²) in [5.41, 5.74) is 4.55.